The molecule has 3 N–H and O–H groups in total. The van der Waals surface area contributed by atoms with Gasteiger partial charge in [0.25, 0.3) is 0 Å². The number of hydrogen-bond acceptors (Lipinski definition) is 5. The SMILES string of the molecule is CCCNc1ncc(Cl)c(NCC2(O)CCC2)n1. The summed E-state index contributed by atoms with van der Waals surface area (Å²) in [6.45, 7) is 3.39. The summed E-state index contributed by atoms with van der Waals surface area (Å²) in [4.78, 5) is 8.39. The van der Waals surface area contributed by atoms with Gasteiger partial charge in [-0.15, -0.1) is 0 Å². The number of anilines is 2. The molecule has 1 aliphatic carbocycles. The van der Waals surface area contributed by atoms with Gasteiger partial charge in [0, 0.05) is 13.1 Å². The topological polar surface area (TPSA) is 70.1 Å². The van der Waals surface area contributed by atoms with Gasteiger partial charge in [-0.2, -0.15) is 4.98 Å². The summed E-state index contributed by atoms with van der Waals surface area (Å²) in [6, 6.07) is 0. The van der Waals surface area contributed by atoms with Gasteiger partial charge >= 0.3 is 0 Å². The molecular formula is C12H19ClN4O. The van der Waals surface area contributed by atoms with Crippen molar-refractivity contribution in [3.8, 4) is 0 Å². The molecule has 0 saturated heterocycles. The van der Waals surface area contributed by atoms with Crippen LogP contribution < -0.4 is 10.6 Å². The van der Waals surface area contributed by atoms with Gasteiger partial charge in [0.2, 0.25) is 5.95 Å². The van der Waals surface area contributed by atoms with Gasteiger partial charge in [-0.05, 0) is 25.7 Å². The van der Waals surface area contributed by atoms with Crippen LogP contribution in [0, 0.1) is 0 Å². The number of nitrogens with zero attached hydrogens (tertiary/aromatic N) is 2. The van der Waals surface area contributed by atoms with Crippen LogP contribution in [0.3, 0.4) is 0 Å². The second-order valence-corrected chi connectivity index (χ2v) is 5.16. The van der Waals surface area contributed by atoms with Crippen LogP contribution in [-0.4, -0.2) is 33.8 Å². The maximum absolute atomic E-state index is 10.0. The number of nitrogens with one attached hydrogen (secondary N) is 2. The third-order valence-electron chi connectivity index (χ3n) is 3.15. The molecule has 0 spiro atoms. The first-order valence-corrected chi connectivity index (χ1v) is 6.73. The van der Waals surface area contributed by atoms with E-state index in [4.69, 9.17) is 11.6 Å². The molecular weight excluding hydrogens is 252 g/mol. The highest BCUT2D eigenvalue weighted by atomic mass is 35.5. The zero-order valence-corrected chi connectivity index (χ0v) is 11.3. The smallest absolute Gasteiger partial charge is 0.224 e. The normalized spacial score (nSPS) is 17.1. The highest BCUT2D eigenvalue weighted by Gasteiger charge is 2.34. The first-order chi connectivity index (χ1) is 8.63. The molecule has 5 nitrogen and oxygen atoms in total. The number of rotatable bonds is 6. The Bertz CT molecular complexity index is 409. The highest BCUT2D eigenvalue weighted by Crippen LogP contribution is 2.32. The number of aromatic nitrogens is 2. The molecule has 6 heteroatoms. The van der Waals surface area contributed by atoms with Gasteiger partial charge in [-0.1, -0.05) is 18.5 Å². The summed E-state index contributed by atoms with van der Waals surface area (Å²) in [5, 5.41) is 16.7. The fourth-order valence-electron chi connectivity index (χ4n) is 1.82. The minimum atomic E-state index is -0.592. The van der Waals surface area contributed by atoms with Crippen LogP contribution in [-0.2, 0) is 0 Å². The van der Waals surface area contributed by atoms with E-state index in [-0.39, 0.29) is 0 Å². The van der Waals surface area contributed by atoms with Crippen molar-refractivity contribution in [1.82, 2.24) is 9.97 Å². The van der Waals surface area contributed by atoms with Crippen molar-refractivity contribution >= 4 is 23.4 Å². The van der Waals surface area contributed by atoms with Gasteiger partial charge in [0.05, 0.1) is 11.8 Å². The largest absolute Gasteiger partial charge is 0.388 e. The summed E-state index contributed by atoms with van der Waals surface area (Å²) in [7, 11) is 0. The molecule has 1 aliphatic rings. The van der Waals surface area contributed by atoms with Gasteiger partial charge in [0.1, 0.15) is 5.02 Å². The second kappa shape index (κ2) is 5.71. The van der Waals surface area contributed by atoms with E-state index in [0.717, 1.165) is 32.2 Å². The molecule has 100 valence electrons. The van der Waals surface area contributed by atoms with Crippen LogP contribution >= 0.6 is 11.6 Å². The van der Waals surface area contributed by atoms with E-state index in [1.54, 1.807) is 6.20 Å². The average molecular weight is 271 g/mol. The van der Waals surface area contributed by atoms with Crippen molar-refractivity contribution in [2.75, 3.05) is 23.7 Å². The molecule has 0 amide bonds. The molecule has 0 atom stereocenters. The fourth-order valence-corrected chi connectivity index (χ4v) is 1.98. The number of halogens is 1. The lowest BCUT2D eigenvalue weighted by Crippen LogP contribution is -2.43. The van der Waals surface area contributed by atoms with Crippen molar-refractivity contribution in [2.45, 2.75) is 38.2 Å². The van der Waals surface area contributed by atoms with Crippen molar-refractivity contribution in [3.05, 3.63) is 11.2 Å². The van der Waals surface area contributed by atoms with Crippen LogP contribution in [0.4, 0.5) is 11.8 Å². The minimum Gasteiger partial charge on any atom is -0.388 e. The van der Waals surface area contributed by atoms with Gasteiger partial charge < -0.3 is 15.7 Å². The van der Waals surface area contributed by atoms with Gasteiger partial charge in [-0.3, -0.25) is 0 Å². The van der Waals surface area contributed by atoms with E-state index in [1.165, 1.54) is 0 Å². The van der Waals surface area contributed by atoms with Crippen LogP contribution in [0.2, 0.25) is 5.02 Å². The third-order valence-corrected chi connectivity index (χ3v) is 3.42. The number of hydrogen-bond donors (Lipinski definition) is 3. The second-order valence-electron chi connectivity index (χ2n) is 4.75. The molecule has 2 rings (SSSR count). The van der Waals surface area contributed by atoms with E-state index in [1.807, 2.05) is 0 Å². The van der Waals surface area contributed by atoms with Crippen molar-refractivity contribution in [2.24, 2.45) is 0 Å². The Kier molecular flexibility index (Phi) is 4.24. The molecule has 0 bridgehead atoms. The van der Waals surface area contributed by atoms with Gasteiger partial charge in [-0.25, -0.2) is 4.98 Å². The Morgan fingerprint density at radius 2 is 2.22 bits per heavy atom. The number of aliphatic hydroxyl groups is 1. The van der Waals surface area contributed by atoms with Crippen molar-refractivity contribution in [1.29, 1.82) is 0 Å². The van der Waals surface area contributed by atoms with Gasteiger partial charge in [0.15, 0.2) is 5.82 Å². The lowest BCUT2D eigenvalue weighted by Gasteiger charge is -2.36. The molecule has 0 radical (unpaired) electrons. The molecule has 0 aliphatic heterocycles. The molecule has 0 aromatic carbocycles. The average Bonchev–Trinajstić information content (AvgIpc) is 2.34. The molecule has 1 fully saturated rings. The van der Waals surface area contributed by atoms with E-state index < -0.39 is 5.60 Å². The maximum Gasteiger partial charge on any atom is 0.224 e. The molecule has 1 aromatic heterocycles. The van der Waals surface area contributed by atoms with Crippen molar-refractivity contribution in [3.63, 3.8) is 0 Å². The summed E-state index contributed by atoms with van der Waals surface area (Å²) in [5.41, 5.74) is -0.592. The Morgan fingerprint density at radius 1 is 1.44 bits per heavy atom. The summed E-state index contributed by atoms with van der Waals surface area (Å²) < 4.78 is 0. The lowest BCUT2D eigenvalue weighted by atomic mass is 9.80. The Balaban J connectivity index is 1.97. The first-order valence-electron chi connectivity index (χ1n) is 6.36. The predicted molar refractivity (Wildman–Crippen MR) is 73.1 cm³/mol. The Hall–Kier alpha value is -1.07. The maximum atomic E-state index is 10.0. The van der Waals surface area contributed by atoms with E-state index in [0.29, 0.717) is 23.3 Å². The van der Waals surface area contributed by atoms with Crippen LogP contribution in [0.15, 0.2) is 6.20 Å². The molecule has 18 heavy (non-hydrogen) atoms. The summed E-state index contributed by atoms with van der Waals surface area (Å²) >= 11 is 6.02. The molecule has 1 heterocycles. The monoisotopic (exact) mass is 270 g/mol. The fraction of sp³-hybridized carbons (Fsp3) is 0.667. The molecule has 1 saturated carbocycles. The van der Waals surface area contributed by atoms with Crippen LogP contribution in [0.1, 0.15) is 32.6 Å². The van der Waals surface area contributed by atoms with E-state index in [9.17, 15) is 5.11 Å². The Labute approximate surface area is 112 Å². The van der Waals surface area contributed by atoms with Crippen LogP contribution in [0.25, 0.3) is 0 Å². The zero-order valence-electron chi connectivity index (χ0n) is 10.5. The minimum absolute atomic E-state index is 0.472. The quantitative estimate of drug-likeness (QED) is 0.740. The van der Waals surface area contributed by atoms with Crippen molar-refractivity contribution < 1.29 is 5.11 Å². The zero-order chi connectivity index (χ0) is 13.0. The van der Waals surface area contributed by atoms with E-state index >= 15 is 0 Å². The molecule has 1 aromatic rings. The predicted octanol–water partition coefficient (Wildman–Crippen LogP) is 2.28. The first kappa shape index (κ1) is 13.4. The van der Waals surface area contributed by atoms with E-state index in [2.05, 4.69) is 27.5 Å². The Morgan fingerprint density at radius 3 is 2.83 bits per heavy atom. The standard InChI is InChI=1S/C12H19ClN4O/c1-2-6-14-11-15-7-9(13)10(17-11)16-8-12(18)4-3-5-12/h7,18H,2-6,8H2,1H3,(H2,14,15,16,17). The summed E-state index contributed by atoms with van der Waals surface area (Å²) in [5.74, 6) is 1.13. The third kappa shape index (κ3) is 3.23. The highest BCUT2D eigenvalue weighted by molar-refractivity contribution is 6.32. The molecule has 0 unspecified atom stereocenters. The summed E-state index contributed by atoms with van der Waals surface area (Å²) in [6.07, 6.45) is 5.33. The van der Waals surface area contributed by atoms with Crippen LogP contribution in [0.5, 0.6) is 0 Å². The lowest BCUT2D eigenvalue weighted by molar-refractivity contribution is -0.0202.